The van der Waals surface area contributed by atoms with Crippen molar-refractivity contribution >= 4 is 22.8 Å². The van der Waals surface area contributed by atoms with Gasteiger partial charge in [0.25, 0.3) is 0 Å². The van der Waals surface area contributed by atoms with Gasteiger partial charge in [-0.2, -0.15) is 14.0 Å². The van der Waals surface area contributed by atoms with E-state index in [0.29, 0.717) is 0 Å². The second-order valence-electron chi connectivity index (χ2n) is 10.2. The molecule has 1 aliphatic rings. The fourth-order valence-corrected chi connectivity index (χ4v) is 5.67. The standard InChI is InChI=1S/C32H29N3.ClHO4/c1-32(2)27-18-12-22-33-31(27)34(3)29(32)21-20-26-25-17-10-11-19-28(25)35(24-15-8-5-9-16-24)30(26)23-13-6-4-7-14-23;2-1(3,4)5/h4-22,29H,1-3H3;(H,2,3,4,5). The lowest BCUT2D eigenvalue weighted by molar-refractivity contribution is -1.92. The fraction of sp³-hybridized carbons (Fsp3) is 0.156. The molecule has 1 aliphatic heterocycles. The molecule has 0 saturated carbocycles. The number of benzene rings is 3. The Bertz CT molecular complexity index is 1640. The van der Waals surface area contributed by atoms with Crippen molar-refractivity contribution in [1.29, 1.82) is 0 Å². The van der Waals surface area contributed by atoms with Crippen molar-refractivity contribution in [2.24, 2.45) is 0 Å². The lowest BCUT2D eigenvalue weighted by Crippen LogP contribution is -2.58. The minimum Gasteiger partial charge on any atom is -0.352 e. The first kappa shape index (κ1) is 27.6. The first-order valence-electron chi connectivity index (χ1n) is 12.8. The maximum absolute atomic E-state index is 8.60. The lowest BCUT2D eigenvalue weighted by atomic mass is 9.80. The molecule has 40 heavy (non-hydrogen) atoms. The highest BCUT2D eigenvalue weighted by Gasteiger charge is 2.42. The summed E-state index contributed by atoms with van der Waals surface area (Å²) in [6, 6.07) is 34.5. The SMILES string of the molecule is CN1c2ncccc2C(C)(C)C1C=Cc1c(-c2ccccc2)n(-c2ccccc2)c2ccccc12.[O-][Cl+3]([O-])([O-])O. The third kappa shape index (κ3) is 5.38. The number of halogens is 1. The van der Waals surface area contributed by atoms with Crippen LogP contribution < -0.4 is 18.9 Å². The summed E-state index contributed by atoms with van der Waals surface area (Å²) >= 11 is 0. The Balaban J connectivity index is 0.000000595. The van der Waals surface area contributed by atoms with E-state index >= 15 is 0 Å². The Morgan fingerprint density at radius 1 is 0.850 bits per heavy atom. The summed E-state index contributed by atoms with van der Waals surface area (Å²) in [5.74, 6) is 1.07. The van der Waals surface area contributed by atoms with Crippen molar-refractivity contribution < 1.29 is 28.9 Å². The number of pyridine rings is 1. The Kier molecular flexibility index (Phi) is 7.51. The molecule has 0 aliphatic carbocycles. The molecule has 204 valence electrons. The molecule has 1 unspecified atom stereocenters. The van der Waals surface area contributed by atoms with E-state index < -0.39 is 10.2 Å². The van der Waals surface area contributed by atoms with Crippen LogP contribution in [0.3, 0.4) is 0 Å². The van der Waals surface area contributed by atoms with Crippen LogP contribution in [0.2, 0.25) is 0 Å². The van der Waals surface area contributed by atoms with Crippen molar-refractivity contribution in [3.8, 4) is 16.9 Å². The van der Waals surface area contributed by atoms with Crippen LogP contribution in [0.5, 0.6) is 0 Å². The summed E-state index contributed by atoms with van der Waals surface area (Å²) in [5.41, 5.74) is 7.29. The summed E-state index contributed by atoms with van der Waals surface area (Å²) in [5, 5.41) is 1.25. The maximum Gasteiger partial charge on any atom is 0.132 e. The predicted octanol–water partition coefficient (Wildman–Crippen LogP) is 3.38. The van der Waals surface area contributed by atoms with Crippen LogP contribution in [0.4, 0.5) is 5.82 Å². The average Bonchev–Trinajstić information content (AvgIpc) is 3.36. The number of hydrogen-bond acceptors (Lipinski definition) is 6. The number of nitrogens with zero attached hydrogens (tertiary/aromatic N) is 3. The highest BCUT2D eigenvalue weighted by Crippen LogP contribution is 2.44. The van der Waals surface area contributed by atoms with E-state index in [1.54, 1.807) is 0 Å². The maximum atomic E-state index is 8.60. The molecule has 3 aromatic carbocycles. The molecule has 1 atom stereocenters. The summed E-state index contributed by atoms with van der Waals surface area (Å²) in [6.07, 6.45) is 6.59. The zero-order valence-corrected chi connectivity index (χ0v) is 23.2. The molecule has 0 radical (unpaired) electrons. The average molecular weight is 556 g/mol. The van der Waals surface area contributed by atoms with Gasteiger partial charge in [0, 0.05) is 40.9 Å². The minimum absolute atomic E-state index is 0.0421. The van der Waals surface area contributed by atoms with Crippen LogP contribution in [0, 0.1) is 10.2 Å². The molecule has 8 heteroatoms. The Hall–Kier alpha value is -3.98. The lowest BCUT2D eigenvalue weighted by Gasteiger charge is -2.29. The van der Waals surface area contributed by atoms with E-state index in [9.17, 15) is 0 Å². The van der Waals surface area contributed by atoms with Crippen LogP contribution >= 0.6 is 0 Å². The number of rotatable bonds is 4. The van der Waals surface area contributed by atoms with E-state index in [2.05, 4.69) is 138 Å². The highest BCUT2D eigenvalue weighted by molar-refractivity contribution is 5.99. The first-order chi connectivity index (χ1) is 19.1. The molecule has 6 rings (SSSR count). The second kappa shape index (κ2) is 10.9. The highest BCUT2D eigenvalue weighted by atomic mass is 35.7. The number of hydrogen-bond donors (Lipinski definition) is 1. The van der Waals surface area contributed by atoms with E-state index in [-0.39, 0.29) is 11.5 Å². The van der Waals surface area contributed by atoms with E-state index in [1.165, 1.54) is 33.3 Å². The quantitative estimate of drug-likeness (QED) is 0.364. The predicted molar refractivity (Wildman–Crippen MR) is 149 cm³/mol. The van der Waals surface area contributed by atoms with Crippen LogP contribution in [0.15, 0.2) is 109 Å². The Labute approximate surface area is 235 Å². The largest absolute Gasteiger partial charge is 0.352 e. The molecule has 0 spiro atoms. The Morgan fingerprint density at radius 2 is 1.45 bits per heavy atom. The van der Waals surface area contributed by atoms with Gasteiger partial charge < -0.3 is 9.47 Å². The first-order valence-corrected chi connectivity index (χ1v) is 14.1. The number of aromatic nitrogens is 2. The molecule has 5 aromatic rings. The van der Waals surface area contributed by atoms with Crippen LogP contribution in [0.1, 0.15) is 25.0 Å². The monoisotopic (exact) mass is 555 g/mol. The van der Waals surface area contributed by atoms with E-state index in [4.69, 9.17) is 18.6 Å². The van der Waals surface area contributed by atoms with Crippen LogP contribution in [-0.2, 0) is 5.41 Å². The number of likely N-dealkylation sites (N-methyl/N-ethyl adjacent to an activating group) is 1. The molecular weight excluding hydrogens is 526 g/mol. The van der Waals surface area contributed by atoms with Gasteiger partial charge in [-0.3, -0.25) is 0 Å². The van der Waals surface area contributed by atoms with Gasteiger partial charge in [0.2, 0.25) is 0 Å². The minimum atomic E-state index is -4.69. The smallest absolute Gasteiger partial charge is 0.132 e. The normalized spacial score (nSPS) is 16.2. The Morgan fingerprint density at radius 3 is 2.10 bits per heavy atom. The van der Waals surface area contributed by atoms with Gasteiger partial charge >= 0.3 is 0 Å². The van der Waals surface area contributed by atoms with Crippen molar-refractivity contribution in [3.63, 3.8) is 0 Å². The number of fused-ring (bicyclic) bond motifs is 2. The van der Waals surface area contributed by atoms with Crippen molar-refractivity contribution in [2.45, 2.75) is 25.3 Å². The van der Waals surface area contributed by atoms with E-state index in [1.807, 2.05) is 12.3 Å². The molecule has 0 saturated heterocycles. The van der Waals surface area contributed by atoms with Gasteiger partial charge in [-0.25, -0.2) is 4.98 Å². The molecule has 0 bridgehead atoms. The van der Waals surface area contributed by atoms with Gasteiger partial charge in [-0.1, -0.05) is 98.8 Å². The van der Waals surface area contributed by atoms with E-state index in [0.717, 1.165) is 11.5 Å². The van der Waals surface area contributed by atoms with Crippen LogP contribution in [-0.4, -0.2) is 27.3 Å². The molecule has 2 aromatic heterocycles. The second-order valence-corrected chi connectivity index (χ2v) is 11.0. The van der Waals surface area contributed by atoms with Crippen molar-refractivity contribution in [3.05, 3.63) is 120 Å². The third-order valence-corrected chi connectivity index (χ3v) is 7.39. The number of anilines is 1. The fourth-order valence-electron chi connectivity index (χ4n) is 5.67. The van der Waals surface area contributed by atoms with Crippen LogP contribution in [0.25, 0.3) is 33.9 Å². The summed E-state index contributed by atoms with van der Waals surface area (Å²) in [7, 11) is -2.54. The van der Waals surface area contributed by atoms with Gasteiger partial charge in [0.05, 0.1) is 32.2 Å². The van der Waals surface area contributed by atoms with Gasteiger partial charge in [0.15, 0.2) is 0 Å². The molecule has 7 nitrogen and oxygen atoms in total. The zero-order valence-electron chi connectivity index (χ0n) is 22.4. The molecule has 1 N–H and O–H groups in total. The topological polar surface area (TPSA) is 110 Å². The molecule has 0 fully saturated rings. The summed E-state index contributed by atoms with van der Waals surface area (Å²) in [4.78, 5) is 7.00. The number of para-hydroxylation sites is 2. The molecule has 3 heterocycles. The zero-order chi connectivity index (χ0) is 28.5. The van der Waals surface area contributed by atoms with Crippen molar-refractivity contribution in [2.75, 3.05) is 11.9 Å². The van der Waals surface area contributed by atoms with Crippen molar-refractivity contribution in [1.82, 2.24) is 9.55 Å². The van der Waals surface area contributed by atoms with Gasteiger partial charge in [0.1, 0.15) is 5.82 Å². The van der Waals surface area contributed by atoms with Gasteiger partial charge in [-0.15, -0.1) is 0 Å². The van der Waals surface area contributed by atoms with Gasteiger partial charge in [-0.05, 0) is 29.8 Å². The third-order valence-electron chi connectivity index (χ3n) is 7.39. The summed E-state index contributed by atoms with van der Waals surface area (Å²) < 4.78 is 35.1. The molecular formula is C32H30ClN3O4. The summed E-state index contributed by atoms with van der Waals surface area (Å²) in [6.45, 7) is 4.63. The molecule has 0 amide bonds.